The molecule has 0 radical (unpaired) electrons. The molecule has 1 rings (SSSR count). The number of esters is 1. The molecule has 1 saturated heterocycles. The van der Waals surface area contributed by atoms with Crippen molar-refractivity contribution in [2.75, 3.05) is 20.2 Å². The molecule has 1 unspecified atom stereocenters. The lowest BCUT2D eigenvalue weighted by atomic mass is 10.0. The van der Waals surface area contributed by atoms with Gasteiger partial charge in [0, 0.05) is 0 Å². The monoisotopic (exact) mass is 353 g/mol. The number of aliphatic hydroxyl groups is 1. The summed E-state index contributed by atoms with van der Waals surface area (Å²) in [5, 5.41) is 15.4. The van der Waals surface area contributed by atoms with Crippen molar-refractivity contribution < 1.29 is 24.2 Å². The zero-order chi connectivity index (χ0) is 18.8. The molecular weight excluding hydrogens is 325 g/mol. The molecule has 1 fully saturated rings. The number of aliphatic hydroxyl groups excluding tert-OH is 1. The van der Waals surface area contributed by atoms with E-state index in [9.17, 15) is 19.5 Å². The third kappa shape index (κ3) is 6.87. The molecule has 2 amide bonds. The number of methoxy groups -OCH3 is 1. The number of hydrogen-bond donors (Lipinski definition) is 3. The summed E-state index contributed by atoms with van der Waals surface area (Å²) in [5.74, 6) is -1.52. The average molecular weight is 353 g/mol. The summed E-state index contributed by atoms with van der Waals surface area (Å²) in [5.41, 5.74) is 0. The van der Waals surface area contributed by atoms with Crippen LogP contribution in [0, 0.1) is 0 Å². The first-order valence-corrected chi connectivity index (χ1v) is 8.54. The van der Waals surface area contributed by atoms with Gasteiger partial charge in [-0.15, -0.1) is 6.58 Å². The van der Waals surface area contributed by atoms with Crippen LogP contribution >= 0.6 is 0 Å². The lowest BCUT2D eigenvalue weighted by Crippen LogP contribution is -2.54. The number of hydrogen-bond acceptors (Lipinski definition) is 6. The zero-order valence-corrected chi connectivity index (χ0v) is 15.0. The highest BCUT2D eigenvalue weighted by Gasteiger charge is 2.32. The number of carbonyl (C=O) groups is 3. The van der Waals surface area contributed by atoms with Gasteiger partial charge in [-0.2, -0.15) is 0 Å². The topological polar surface area (TPSA) is 108 Å². The predicted molar refractivity (Wildman–Crippen MR) is 95.3 cm³/mol. The molecule has 8 nitrogen and oxygen atoms in total. The first-order valence-electron chi connectivity index (χ1n) is 8.54. The Balaban J connectivity index is 2.66. The maximum absolute atomic E-state index is 12.4. The van der Waals surface area contributed by atoms with Crippen LogP contribution in [0.1, 0.15) is 32.1 Å². The summed E-state index contributed by atoms with van der Waals surface area (Å²) in [6, 6.07) is -0.966. The lowest BCUT2D eigenvalue weighted by molar-refractivity contribution is -0.143. The van der Waals surface area contributed by atoms with Crippen molar-refractivity contribution in [3.63, 3.8) is 0 Å². The molecule has 0 aliphatic carbocycles. The SMILES string of the molecule is BN1CCC[C@H]1C(=O)N[C@@H](CCCC=C)C(O)C(=O)NCC(=O)OC. The van der Waals surface area contributed by atoms with Crippen LogP contribution in [0.4, 0.5) is 0 Å². The van der Waals surface area contributed by atoms with Gasteiger partial charge in [-0.25, -0.2) is 0 Å². The summed E-state index contributed by atoms with van der Waals surface area (Å²) in [4.78, 5) is 37.6. The van der Waals surface area contributed by atoms with Crippen LogP contribution in [-0.4, -0.2) is 74.1 Å². The molecule has 0 aromatic rings. The standard InChI is InChI=1S/C16H28BN3O5/c1-3-4-5-7-11(14(22)16(24)18-10-13(21)25-2)19-15(23)12-8-6-9-20(12)17/h3,11-12,14,22H,1,4-10,17H2,2H3,(H,18,24)(H,19,23)/t11-,12-,14?/m0/s1. The fourth-order valence-electron chi connectivity index (χ4n) is 2.83. The molecule has 1 aliphatic heterocycles. The van der Waals surface area contributed by atoms with Crippen LogP contribution in [-0.2, 0) is 19.1 Å². The van der Waals surface area contributed by atoms with E-state index in [-0.39, 0.29) is 18.5 Å². The van der Waals surface area contributed by atoms with Crippen LogP contribution < -0.4 is 10.6 Å². The molecule has 25 heavy (non-hydrogen) atoms. The first kappa shape index (κ1) is 21.2. The van der Waals surface area contributed by atoms with E-state index in [0.29, 0.717) is 19.3 Å². The minimum Gasteiger partial charge on any atom is -0.468 e. The Morgan fingerprint density at radius 1 is 1.48 bits per heavy atom. The molecule has 0 saturated carbocycles. The number of ether oxygens (including phenoxy) is 1. The van der Waals surface area contributed by atoms with Crippen molar-refractivity contribution >= 4 is 25.8 Å². The lowest BCUT2D eigenvalue weighted by Gasteiger charge is -2.27. The Morgan fingerprint density at radius 3 is 2.76 bits per heavy atom. The number of rotatable bonds is 10. The van der Waals surface area contributed by atoms with Crippen LogP contribution in [0.3, 0.4) is 0 Å². The number of nitrogens with zero attached hydrogens (tertiary/aromatic N) is 1. The van der Waals surface area contributed by atoms with Crippen molar-refractivity contribution in [2.24, 2.45) is 0 Å². The molecule has 0 bridgehead atoms. The van der Waals surface area contributed by atoms with Crippen LogP contribution in [0.15, 0.2) is 12.7 Å². The Hall–Kier alpha value is -1.87. The minimum atomic E-state index is -1.44. The van der Waals surface area contributed by atoms with E-state index < -0.39 is 24.0 Å². The van der Waals surface area contributed by atoms with Crippen LogP contribution in [0.2, 0.25) is 0 Å². The maximum atomic E-state index is 12.4. The smallest absolute Gasteiger partial charge is 0.325 e. The van der Waals surface area contributed by atoms with Gasteiger partial charge in [0.05, 0.1) is 19.2 Å². The third-order valence-corrected chi connectivity index (χ3v) is 4.36. The predicted octanol–water partition coefficient (Wildman–Crippen LogP) is -1.51. The normalized spacial score (nSPS) is 19.7. The van der Waals surface area contributed by atoms with E-state index in [1.807, 2.05) is 12.8 Å². The van der Waals surface area contributed by atoms with Gasteiger partial charge < -0.3 is 25.3 Å². The Labute approximate surface area is 149 Å². The molecule has 140 valence electrons. The molecule has 9 heteroatoms. The van der Waals surface area contributed by atoms with E-state index in [1.165, 1.54) is 7.11 Å². The van der Waals surface area contributed by atoms with E-state index in [1.54, 1.807) is 6.08 Å². The van der Waals surface area contributed by atoms with Crippen molar-refractivity contribution in [3.8, 4) is 0 Å². The van der Waals surface area contributed by atoms with Gasteiger partial charge in [0.25, 0.3) is 5.91 Å². The molecule has 3 N–H and O–H groups in total. The largest absolute Gasteiger partial charge is 0.468 e. The molecule has 0 aromatic carbocycles. The number of amides is 2. The average Bonchev–Trinajstić information content (AvgIpc) is 3.03. The number of allylic oxidation sites excluding steroid dienone is 1. The molecular formula is C16H28BN3O5. The second kappa shape index (κ2) is 10.9. The summed E-state index contributed by atoms with van der Waals surface area (Å²) < 4.78 is 4.44. The van der Waals surface area contributed by atoms with E-state index in [4.69, 9.17) is 0 Å². The van der Waals surface area contributed by atoms with Gasteiger partial charge in [-0.1, -0.05) is 6.08 Å². The molecule has 1 heterocycles. The van der Waals surface area contributed by atoms with E-state index in [0.717, 1.165) is 19.4 Å². The van der Waals surface area contributed by atoms with E-state index in [2.05, 4.69) is 21.9 Å². The van der Waals surface area contributed by atoms with Crippen molar-refractivity contribution in [2.45, 2.75) is 50.3 Å². The zero-order valence-electron chi connectivity index (χ0n) is 15.0. The maximum Gasteiger partial charge on any atom is 0.325 e. The minimum absolute atomic E-state index is 0.191. The summed E-state index contributed by atoms with van der Waals surface area (Å²) in [6.45, 7) is 4.16. The van der Waals surface area contributed by atoms with Gasteiger partial charge in [-0.05, 0) is 38.6 Å². The van der Waals surface area contributed by atoms with Gasteiger partial charge in [0.2, 0.25) is 5.91 Å². The summed E-state index contributed by atoms with van der Waals surface area (Å²) in [6.07, 6.45) is 3.83. The number of carbonyl (C=O) groups excluding carboxylic acids is 3. The molecule has 1 aliphatic rings. The van der Waals surface area contributed by atoms with Gasteiger partial charge in [0.15, 0.2) is 14.1 Å². The highest BCUT2D eigenvalue weighted by atomic mass is 16.5. The highest BCUT2D eigenvalue weighted by molar-refractivity contribution is 6.07. The van der Waals surface area contributed by atoms with Gasteiger partial charge >= 0.3 is 5.97 Å². The van der Waals surface area contributed by atoms with E-state index >= 15 is 0 Å². The Morgan fingerprint density at radius 2 is 2.20 bits per heavy atom. The summed E-state index contributed by atoms with van der Waals surface area (Å²) in [7, 11) is 3.09. The van der Waals surface area contributed by atoms with Crippen molar-refractivity contribution in [3.05, 3.63) is 12.7 Å². The van der Waals surface area contributed by atoms with Crippen LogP contribution in [0.25, 0.3) is 0 Å². The quantitative estimate of drug-likeness (QED) is 0.191. The fourth-order valence-corrected chi connectivity index (χ4v) is 2.83. The molecule has 0 spiro atoms. The Kier molecular flexibility index (Phi) is 9.22. The first-order chi connectivity index (χ1) is 11.9. The van der Waals surface area contributed by atoms with Crippen molar-refractivity contribution in [1.82, 2.24) is 15.4 Å². The molecule has 3 atom stereocenters. The van der Waals surface area contributed by atoms with Gasteiger partial charge in [-0.3, -0.25) is 14.4 Å². The highest BCUT2D eigenvalue weighted by Crippen LogP contribution is 2.15. The van der Waals surface area contributed by atoms with Crippen LogP contribution in [0.5, 0.6) is 0 Å². The second-order valence-electron chi connectivity index (χ2n) is 6.21. The summed E-state index contributed by atoms with van der Waals surface area (Å²) >= 11 is 0. The molecule has 0 aromatic heterocycles. The fraction of sp³-hybridized carbons (Fsp3) is 0.688. The van der Waals surface area contributed by atoms with Gasteiger partial charge in [0.1, 0.15) is 6.54 Å². The number of unbranched alkanes of at least 4 members (excludes halogenated alkanes) is 1. The third-order valence-electron chi connectivity index (χ3n) is 4.36. The van der Waals surface area contributed by atoms with Crippen molar-refractivity contribution in [1.29, 1.82) is 0 Å². The second-order valence-corrected chi connectivity index (χ2v) is 6.21. The Bertz CT molecular complexity index is 488. The number of nitrogens with one attached hydrogen (secondary N) is 2.